The molecular formula is C8H6ClN3O2. The summed E-state index contributed by atoms with van der Waals surface area (Å²) in [5.41, 5.74) is 1.16. The third-order valence-electron chi connectivity index (χ3n) is 1.92. The summed E-state index contributed by atoms with van der Waals surface area (Å²) in [6.07, 6.45) is 1.29. The second-order valence-electron chi connectivity index (χ2n) is 2.82. The number of aromatic nitrogens is 3. The number of carbonyl (C=O) groups is 1. The summed E-state index contributed by atoms with van der Waals surface area (Å²) in [5, 5.41) is 12.9. The highest BCUT2D eigenvalue weighted by atomic mass is 35.5. The SMILES string of the molecule is Cc1cc(C(=O)O)c2c(Cl)ncnn12. The molecule has 6 heteroatoms. The lowest BCUT2D eigenvalue weighted by molar-refractivity contribution is 0.0699. The molecule has 0 atom stereocenters. The lowest BCUT2D eigenvalue weighted by Gasteiger charge is -1.97. The van der Waals surface area contributed by atoms with Crippen LogP contribution in [0, 0.1) is 6.92 Å². The van der Waals surface area contributed by atoms with Crippen LogP contribution in [0.1, 0.15) is 16.1 Å². The molecule has 1 N–H and O–H groups in total. The van der Waals surface area contributed by atoms with Gasteiger partial charge >= 0.3 is 5.97 Å². The highest BCUT2D eigenvalue weighted by molar-refractivity contribution is 6.33. The predicted molar refractivity (Wildman–Crippen MR) is 49.7 cm³/mol. The van der Waals surface area contributed by atoms with Crippen molar-refractivity contribution in [2.45, 2.75) is 6.92 Å². The molecule has 5 nitrogen and oxygen atoms in total. The van der Waals surface area contributed by atoms with Gasteiger partial charge in [0.25, 0.3) is 0 Å². The van der Waals surface area contributed by atoms with Gasteiger partial charge in [0, 0.05) is 5.69 Å². The van der Waals surface area contributed by atoms with Gasteiger partial charge in [-0.25, -0.2) is 14.3 Å². The van der Waals surface area contributed by atoms with E-state index in [1.165, 1.54) is 16.9 Å². The van der Waals surface area contributed by atoms with E-state index in [2.05, 4.69) is 10.1 Å². The average molecular weight is 212 g/mol. The van der Waals surface area contributed by atoms with E-state index in [1.54, 1.807) is 6.92 Å². The highest BCUT2D eigenvalue weighted by Crippen LogP contribution is 2.21. The first-order valence-electron chi connectivity index (χ1n) is 3.83. The molecule has 0 amide bonds. The number of hydrogen-bond donors (Lipinski definition) is 1. The number of hydrogen-bond acceptors (Lipinski definition) is 3. The molecule has 0 unspecified atom stereocenters. The Morgan fingerprint density at radius 3 is 3.00 bits per heavy atom. The van der Waals surface area contributed by atoms with Gasteiger partial charge in [0.15, 0.2) is 5.15 Å². The molecule has 0 aliphatic rings. The number of fused-ring (bicyclic) bond motifs is 1. The topological polar surface area (TPSA) is 67.5 Å². The van der Waals surface area contributed by atoms with Crippen molar-refractivity contribution in [3.05, 3.63) is 28.8 Å². The van der Waals surface area contributed by atoms with Gasteiger partial charge in [-0.3, -0.25) is 0 Å². The van der Waals surface area contributed by atoms with Crippen LogP contribution in [-0.2, 0) is 0 Å². The molecule has 2 aromatic heterocycles. The minimum atomic E-state index is -1.03. The van der Waals surface area contributed by atoms with Crippen LogP contribution in [0.4, 0.5) is 0 Å². The van der Waals surface area contributed by atoms with E-state index in [4.69, 9.17) is 16.7 Å². The fraction of sp³-hybridized carbons (Fsp3) is 0.125. The van der Waals surface area contributed by atoms with Gasteiger partial charge in [0.05, 0.1) is 5.56 Å². The Kier molecular flexibility index (Phi) is 1.89. The van der Waals surface area contributed by atoms with Crippen molar-refractivity contribution in [3.8, 4) is 0 Å². The van der Waals surface area contributed by atoms with Crippen molar-refractivity contribution >= 4 is 23.1 Å². The van der Waals surface area contributed by atoms with Crippen molar-refractivity contribution in [2.24, 2.45) is 0 Å². The third-order valence-corrected chi connectivity index (χ3v) is 2.19. The van der Waals surface area contributed by atoms with Gasteiger partial charge in [-0.1, -0.05) is 11.6 Å². The van der Waals surface area contributed by atoms with Gasteiger partial charge in [-0.2, -0.15) is 5.10 Å². The quantitative estimate of drug-likeness (QED) is 0.774. The van der Waals surface area contributed by atoms with Crippen molar-refractivity contribution in [1.82, 2.24) is 14.6 Å². The van der Waals surface area contributed by atoms with Crippen LogP contribution in [0.2, 0.25) is 5.15 Å². The Hall–Kier alpha value is -1.62. The van der Waals surface area contributed by atoms with E-state index in [0.717, 1.165) is 0 Å². The number of rotatable bonds is 1. The normalized spacial score (nSPS) is 10.7. The number of halogens is 1. The van der Waals surface area contributed by atoms with E-state index in [0.29, 0.717) is 11.2 Å². The summed E-state index contributed by atoms with van der Waals surface area (Å²) in [7, 11) is 0. The van der Waals surface area contributed by atoms with E-state index >= 15 is 0 Å². The molecule has 0 fully saturated rings. The summed E-state index contributed by atoms with van der Waals surface area (Å²) < 4.78 is 1.46. The van der Waals surface area contributed by atoms with Crippen LogP contribution in [0.3, 0.4) is 0 Å². The molecule has 0 saturated carbocycles. The zero-order valence-electron chi connectivity index (χ0n) is 7.23. The molecule has 0 radical (unpaired) electrons. The van der Waals surface area contributed by atoms with Crippen LogP contribution in [0.25, 0.3) is 5.52 Å². The van der Waals surface area contributed by atoms with Crippen molar-refractivity contribution in [1.29, 1.82) is 0 Å². The zero-order chi connectivity index (χ0) is 10.3. The van der Waals surface area contributed by atoms with Crippen molar-refractivity contribution < 1.29 is 9.90 Å². The summed E-state index contributed by atoms with van der Waals surface area (Å²) in [6, 6.07) is 1.51. The maximum absolute atomic E-state index is 10.9. The minimum absolute atomic E-state index is 0.119. The Morgan fingerprint density at radius 1 is 1.64 bits per heavy atom. The summed E-state index contributed by atoms with van der Waals surface area (Å²) in [4.78, 5) is 14.6. The van der Waals surface area contributed by atoms with Crippen LogP contribution < -0.4 is 0 Å². The van der Waals surface area contributed by atoms with Gasteiger partial charge in [0.2, 0.25) is 0 Å². The van der Waals surface area contributed by atoms with Gasteiger partial charge in [-0.15, -0.1) is 0 Å². The standard InChI is InChI=1S/C8H6ClN3O2/c1-4-2-5(8(13)14)6-7(9)10-3-11-12(4)6/h2-3H,1H3,(H,13,14). The fourth-order valence-electron chi connectivity index (χ4n) is 1.33. The molecule has 2 aromatic rings. The maximum atomic E-state index is 10.9. The van der Waals surface area contributed by atoms with Gasteiger partial charge in [-0.05, 0) is 13.0 Å². The van der Waals surface area contributed by atoms with Gasteiger partial charge < -0.3 is 5.11 Å². The van der Waals surface area contributed by atoms with E-state index in [9.17, 15) is 4.79 Å². The van der Waals surface area contributed by atoms with Gasteiger partial charge in [0.1, 0.15) is 11.8 Å². The van der Waals surface area contributed by atoms with Crippen molar-refractivity contribution in [3.63, 3.8) is 0 Å². The van der Waals surface area contributed by atoms with E-state index in [-0.39, 0.29) is 10.7 Å². The molecule has 0 spiro atoms. The first kappa shape index (κ1) is 8.96. The number of carboxylic acids is 1. The minimum Gasteiger partial charge on any atom is -0.478 e. The lowest BCUT2D eigenvalue weighted by Crippen LogP contribution is -1.99. The molecule has 0 bridgehead atoms. The number of aromatic carboxylic acids is 1. The smallest absolute Gasteiger partial charge is 0.338 e. The maximum Gasteiger partial charge on any atom is 0.338 e. The number of aryl methyl sites for hydroxylation is 1. The Balaban J connectivity index is 2.93. The van der Waals surface area contributed by atoms with E-state index < -0.39 is 5.97 Å². The molecule has 0 saturated heterocycles. The summed E-state index contributed by atoms with van der Waals surface area (Å²) >= 11 is 5.78. The van der Waals surface area contributed by atoms with Crippen LogP contribution in [-0.4, -0.2) is 25.7 Å². The average Bonchev–Trinajstić information content (AvgIpc) is 2.46. The lowest BCUT2D eigenvalue weighted by atomic mass is 10.3. The molecule has 0 aliphatic carbocycles. The first-order chi connectivity index (χ1) is 6.61. The predicted octanol–water partition coefficient (Wildman–Crippen LogP) is 1.39. The zero-order valence-corrected chi connectivity index (χ0v) is 7.99. The molecule has 0 aliphatic heterocycles. The Bertz CT molecular complexity index is 521. The Morgan fingerprint density at radius 2 is 2.36 bits per heavy atom. The monoisotopic (exact) mass is 211 g/mol. The second-order valence-corrected chi connectivity index (χ2v) is 3.17. The van der Waals surface area contributed by atoms with Crippen molar-refractivity contribution in [2.75, 3.05) is 0 Å². The molecular weight excluding hydrogens is 206 g/mol. The number of nitrogens with zero attached hydrogens (tertiary/aromatic N) is 3. The summed E-state index contributed by atoms with van der Waals surface area (Å²) in [6.45, 7) is 1.75. The number of carboxylic acid groups (broad SMARTS) is 1. The third kappa shape index (κ3) is 1.13. The molecule has 2 rings (SSSR count). The highest BCUT2D eigenvalue weighted by Gasteiger charge is 2.16. The Labute approximate surface area is 83.9 Å². The second kappa shape index (κ2) is 2.95. The van der Waals surface area contributed by atoms with Crippen LogP contribution in [0.5, 0.6) is 0 Å². The van der Waals surface area contributed by atoms with Crippen LogP contribution >= 0.6 is 11.6 Å². The summed E-state index contributed by atoms with van der Waals surface area (Å²) in [5.74, 6) is -1.03. The fourth-order valence-corrected chi connectivity index (χ4v) is 1.55. The first-order valence-corrected chi connectivity index (χ1v) is 4.21. The largest absolute Gasteiger partial charge is 0.478 e. The molecule has 14 heavy (non-hydrogen) atoms. The van der Waals surface area contributed by atoms with Crippen LogP contribution in [0.15, 0.2) is 12.4 Å². The molecule has 72 valence electrons. The molecule has 2 heterocycles. The van der Waals surface area contributed by atoms with E-state index in [1.807, 2.05) is 0 Å². The molecule has 0 aromatic carbocycles.